The Morgan fingerprint density at radius 1 is 1.17 bits per heavy atom. The molecule has 2 N–H and O–H groups in total. The van der Waals surface area contributed by atoms with E-state index in [0.29, 0.717) is 5.82 Å². The van der Waals surface area contributed by atoms with Gasteiger partial charge in [-0.05, 0) is 31.5 Å². The molecule has 3 aromatic rings. The van der Waals surface area contributed by atoms with Crippen molar-refractivity contribution < 1.29 is 4.79 Å². The summed E-state index contributed by atoms with van der Waals surface area (Å²) in [5.41, 5.74) is 2.58. The Morgan fingerprint density at radius 2 is 1.92 bits per heavy atom. The average molecular weight is 322 g/mol. The number of rotatable bonds is 4. The summed E-state index contributed by atoms with van der Waals surface area (Å²) in [6.07, 6.45) is 0.761. The minimum atomic E-state index is -0.379. The molecule has 0 saturated carbocycles. The van der Waals surface area contributed by atoms with Gasteiger partial charge in [0.25, 0.3) is 5.91 Å². The average Bonchev–Trinajstić information content (AvgIpc) is 2.92. The van der Waals surface area contributed by atoms with Crippen LogP contribution in [0, 0.1) is 6.92 Å². The maximum Gasteiger partial charge on any atom is 0.273 e. The highest BCUT2D eigenvalue weighted by atomic mass is 16.2. The largest absolute Gasteiger partial charge is 0.318 e. The van der Waals surface area contributed by atoms with Gasteiger partial charge in [0.05, 0.1) is 11.4 Å². The van der Waals surface area contributed by atoms with Crippen LogP contribution in [-0.4, -0.2) is 20.7 Å². The fourth-order valence-corrected chi connectivity index (χ4v) is 2.53. The highest BCUT2D eigenvalue weighted by Crippen LogP contribution is 2.24. The molecular formula is C18H18N4O2. The quantitative estimate of drug-likeness (QED) is 0.775. The molecule has 24 heavy (non-hydrogen) atoms. The minimum absolute atomic E-state index is 0.209. The topological polar surface area (TPSA) is 79.8 Å². The van der Waals surface area contributed by atoms with Gasteiger partial charge in [-0.3, -0.25) is 9.59 Å². The van der Waals surface area contributed by atoms with Gasteiger partial charge in [0.2, 0.25) is 5.56 Å². The lowest BCUT2D eigenvalue weighted by molar-refractivity contribution is 0.102. The third kappa shape index (κ3) is 2.99. The molecular weight excluding hydrogens is 304 g/mol. The summed E-state index contributed by atoms with van der Waals surface area (Å²) in [4.78, 5) is 26.4. The number of carbonyl (C=O) groups is 1. The summed E-state index contributed by atoms with van der Waals surface area (Å²) < 4.78 is 1.72. The first-order valence-corrected chi connectivity index (χ1v) is 7.74. The second kappa shape index (κ2) is 6.54. The molecule has 1 aromatic carbocycles. The van der Waals surface area contributed by atoms with Crippen LogP contribution < -0.4 is 10.9 Å². The lowest BCUT2D eigenvalue weighted by atomic mass is 10.2. The number of hydrogen-bond acceptors (Lipinski definition) is 3. The number of carbonyl (C=O) groups excluding carboxylic acids is 1. The van der Waals surface area contributed by atoms with Gasteiger partial charge >= 0.3 is 0 Å². The van der Waals surface area contributed by atoms with Gasteiger partial charge in [-0.25, -0.2) is 4.68 Å². The number of pyridine rings is 1. The van der Waals surface area contributed by atoms with Crippen LogP contribution in [0.2, 0.25) is 0 Å². The number of benzene rings is 1. The highest BCUT2D eigenvalue weighted by Gasteiger charge is 2.17. The molecule has 0 bridgehead atoms. The predicted molar refractivity (Wildman–Crippen MR) is 92.7 cm³/mol. The van der Waals surface area contributed by atoms with E-state index >= 15 is 0 Å². The van der Waals surface area contributed by atoms with Crippen LogP contribution >= 0.6 is 0 Å². The molecule has 6 heteroatoms. The third-order valence-electron chi connectivity index (χ3n) is 3.80. The molecule has 1 amide bonds. The van der Waals surface area contributed by atoms with Crippen LogP contribution in [0.5, 0.6) is 0 Å². The van der Waals surface area contributed by atoms with E-state index in [1.807, 2.05) is 44.2 Å². The number of anilines is 1. The van der Waals surface area contributed by atoms with Crippen molar-refractivity contribution in [1.29, 1.82) is 0 Å². The van der Waals surface area contributed by atoms with E-state index in [9.17, 15) is 9.59 Å². The molecule has 0 saturated heterocycles. The first kappa shape index (κ1) is 15.7. The van der Waals surface area contributed by atoms with Crippen molar-refractivity contribution in [2.24, 2.45) is 0 Å². The van der Waals surface area contributed by atoms with Crippen molar-refractivity contribution >= 4 is 11.7 Å². The second-order valence-electron chi connectivity index (χ2n) is 5.40. The summed E-state index contributed by atoms with van der Waals surface area (Å²) in [6.45, 7) is 3.94. The summed E-state index contributed by atoms with van der Waals surface area (Å²) in [5, 5.41) is 7.46. The number of para-hydroxylation sites is 1. The first-order chi connectivity index (χ1) is 11.6. The van der Waals surface area contributed by atoms with E-state index in [-0.39, 0.29) is 17.2 Å². The van der Waals surface area contributed by atoms with E-state index in [1.165, 1.54) is 6.07 Å². The van der Waals surface area contributed by atoms with E-state index in [1.54, 1.807) is 16.8 Å². The van der Waals surface area contributed by atoms with Gasteiger partial charge in [0.1, 0.15) is 11.5 Å². The SMILES string of the molecule is CCc1nn(-c2ccccc2)c(NC(=O)c2cccc(=O)[nH]2)c1C. The number of hydrogen-bond donors (Lipinski definition) is 2. The Labute approximate surface area is 139 Å². The van der Waals surface area contributed by atoms with Crippen LogP contribution in [0.3, 0.4) is 0 Å². The molecule has 0 fully saturated rings. The molecule has 6 nitrogen and oxygen atoms in total. The highest BCUT2D eigenvalue weighted by molar-refractivity contribution is 6.02. The van der Waals surface area contributed by atoms with Gasteiger partial charge in [-0.2, -0.15) is 5.10 Å². The molecule has 0 radical (unpaired) electrons. The lowest BCUT2D eigenvalue weighted by Gasteiger charge is -2.10. The fraction of sp³-hybridized carbons (Fsp3) is 0.167. The van der Waals surface area contributed by atoms with Crippen molar-refractivity contribution in [2.75, 3.05) is 5.32 Å². The number of nitrogens with zero attached hydrogens (tertiary/aromatic N) is 2. The van der Waals surface area contributed by atoms with Crippen molar-refractivity contribution in [3.05, 3.63) is 75.8 Å². The third-order valence-corrected chi connectivity index (χ3v) is 3.80. The standard InChI is InChI=1S/C18H18N4O2/c1-3-14-12(2)17(22(21-14)13-8-5-4-6-9-13)20-18(24)15-10-7-11-16(23)19-15/h4-11H,3H2,1-2H3,(H,19,23)(H,20,24). The molecule has 0 aliphatic carbocycles. The van der Waals surface area contributed by atoms with Crippen LogP contribution in [-0.2, 0) is 6.42 Å². The number of amides is 1. The maximum atomic E-state index is 12.5. The monoisotopic (exact) mass is 322 g/mol. The molecule has 3 rings (SSSR count). The molecule has 2 heterocycles. The molecule has 0 atom stereocenters. The number of aryl methyl sites for hydroxylation is 1. The Balaban J connectivity index is 2.02. The van der Waals surface area contributed by atoms with Crippen LogP contribution in [0.25, 0.3) is 5.69 Å². The zero-order valence-corrected chi connectivity index (χ0v) is 13.5. The van der Waals surface area contributed by atoms with Gasteiger partial charge in [-0.1, -0.05) is 31.2 Å². The maximum absolute atomic E-state index is 12.5. The summed E-state index contributed by atoms with van der Waals surface area (Å²) in [7, 11) is 0. The predicted octanol–water partition coefficient (Wildman–Crippen LogP) is 2.68. The zero-order valence-electron chi connectivity index (χ0n) is 13.5. The Morgan fingerprint density at radius 3 is 2.58 bits per heavy atom. The number of H-pyrrole nitrogens is 1. The van der Waals surface area contributed by atoms with Crippen molar-refractivity contribution in [3.8, 4) is 5.69 Å². The van der Waals surface area contributed by atoms with Crippen LogP contribution in [0.1, 0.15) is 28.7 Å². The second-order valence-corrected chi connectivity index (χ2v) is 5.40. The van der Waals surface area contributed by atoms with Crippen molar-refractivity contribution in [3.63, 3.8) is 0 Å². The Kier molecular flexibility index (Phi) is 4.29. The van der Waals surface area contributed by atoms with Gasteiger partial charge in [-0.15, -0.1) is 0 Å². The Bertz CT molecular complexity index is 926. The summed E-state index contributed by atoms with van der Waals surface area (Å²) >= 11 is 0. The van der Waals surface area contributed by atoms with E-state index in [0.717, 1.165) is 23.4 Å². The van der Waals surface area contributed by atoms with Gasteiger partial charge < -0.3 is 10.3 Å². The normalized spacial score (nSPS) is 10.6. The summed E-state index contributed by atoms with van der Waals surface area (Å²) in [6, 6.07) is 14.1. The Hall–Kier alpha value is -3.15. The van der Waals surface area contributed by atoms with Gasteiger partial charge in [0, 0.05) is 11.6 Å². The molecule has 2 aromatic heterocycles. The van der Waals surface area contributed by atoms with Crippen LogP contribution in [0.4, 0.5) is 5.82 Å². The first-order valence-electron chi connectivity index (χ1n) is 7.74. The molecule has 0 spiro atoms. The van der Waals surface area contributed by atoms with E-state index in [2.05, 4.69) is 15.4 Å². The number of nitrogens with one attached hydrogen (secondary N) is 2. The van der Waals surface area contributed by atoms with E-state index < -0.39 is 0 Å². The van der Waals surface area contributed by atoms with Crippen molar-refractivity contribution in [1.82, 2.24) is 14.8 Å². The molecule has 0 aliphatic rings. The smallest absolute Gasteiger partial charge is 0.273 e. The minimum Gasteiger partial charge on any atom is -0.318 e. The molecule has 122 valence electrons. The van der Waals surface area contributed by atoms with Crippen molar-refractivity contribution in [2.45, 2.75) is 20.3 Å². The lowest BCUT2D eigenvalue weighted by Crippen LogP contribution is -2.20. The van der Waals surface area contributed by atoms with Crippen LogP contribution in [0.15, 0.2) is 53.3 Å². The van der Waals surface area contributed by atoms with E-state index in [4.69, 9.17) is 0 Å². The zero-order chi connectivity index (χ0) is 17.1. The molecule has 0 unspecified atom stereocenters. The fourth-order valence-electron chi connectivity index (χ4n) is 2.53. The number of aromatic amines is 1. The number of aromatic nitrogens is 3. The summed E-state index contributed by atoms with van der Waals surface area (Å²) in [5.74, 6) is 0.225. The van der Waals surface area contributed by atoms with Gasteiger partial charge in [0.15, 0.2) is 0 Å². The molecule has 0 aliphatic heterocycles.